The Labute approximate surface area is 132 Å². The standard InChI is InChI=1S/C17H18F2N2O2/c1-10-2-4-11(5-3-10)9-21-16-13(18)6-12(7-14(16)19)8-15(20)17(22)23/h2-7,15,21H,8-9,20H2,1H3,(H,22,23)/t15-/m0/s1. The van der Waals surface area contributed by atoms with Gasteiger partial charge in [-0.3, -0.25) is 4.79 Å². The van der Waals surface area contributed by atoms with Gasteiger partial charge in [0.1, 0.15) is 23.4 Å². The Hall–Kier alpha value is -2.47. The minimum atomic E-state index is -1.22. The summed E-state index contributed by atoms with van der Waals surface area (Å²) in [6.07, 6.45) is -0.137. The SMILES string of the molecule is Cc1ccc(CNc2c(F)cc(C[C@H](N)C(=O)O)cc2F)cc1. The van der Waals surface area contributed by atoms with Gasteiger partial charge in [0.15, 0.2) is 0 Å². The van der Waals surface area contributed by atoms with Crippen LogP contribution in [0, 0.1) is 18.6 Å². The van der Waals surface area contributed by atoms with Crippen LogP contribution in [0.15, 0.2) is 36.4 Å². The van der Waals surface area contributed by atoms with E-state index in [2.05, 4.69) is 5.32 Å². The van der Waals surface area contributed by atoms with Gasteiger partial charge in [-0.2, -0.15) is 0 Å². The molecule has 0 saturated carbocycles. The number of rotatable bonds is 6. The first-order chi connectivity index (χ1) is 10.9. The minimum Gasteiger partial charge on any atom is -0.480 e. The quantitative estimate of drug-likeness (QED) is 0.765. The van der Waals surface area contributed by atoms with E-state index in [-0.39, 0.29) is 24.2 Å². The van der Waals surface area contributed by atoms with Crippen LogP contribution in [0.5, 0.6) is 0 Å². The molecular weight excluding hydrogens is 302 g/mol. The first-order valence-electron chi connectivity index (χ1n) is 7.12. The van der Waals surface area contributed by atoms with Gasteiger partial charge in [0.05, 0.1) is 0 Å². The summed E-state index contributed by atoms with van der Waals surface area (Å²) in [5.74, 6) is -2.76. The zero-order valence-electron chi connectivity index (χ0n) is 12.6. The molecule has 23 heavy (non-hydrogen) atoms. The van der Waals surface area contributed by atoms with Gasteiger partial charge >= 0.3 is 5.97 Å². The molecule has 2 rings (SSSR count). The van der Waals surface area contributed by atoms with Crippen LogP contribution in [0.4, 0.5) is 14.5 Å². The van der Waals surface area contributed by atoms with Crippen molar-refractivity contribution in [2.75, 3.05) is 5.32 Å². The maximum absolute atomic E-state index is 14.0. The Balaban J connectivity index is 2.10. The Morgan fingerprint density at radius 2 is 1.74 bits per heavy atom. The van der Waals surface area contributed by atoms with E-state index in [1.54, 1.807) is 0 Å². The molecule has 122 valence electrons. The van der Waals surface area contributed by atoms with Crippen molar-refractivity contribution in [1.82, 2.24) is 0 Å². The fraction of sp³-hybridized carbons (Fsp3) is 0.235. The number of hydrogen-bond acceptors (Lipinski definition) is 3. The summed E-state index contributed by atoms with van der Waals surface area (Å²) in [5.41, 5.74) is 7.34. The molecular formula is C17H18F2N2O2. The summed E-state index contributed by atoms with van der Waals surface area (Å²) in [6.45, 7) is 2.24. The topological polar surface area (TPSA) is 75.3 Å². The normalized spacial score (nSPS) is 12.0. The molecule has 2 aromatic rings. The second-order valence-corrected chi connectivity index (χ2v) is 5.42. The van der Waals surface area contributed by atoms with E-state index in [0.29, 0.717) is 0 Å². The van der Waals surface area contributed by atoms with E-state index in [9.17, 15) is 13.6 Å². The number of carbonyl (C=O) groups is 1. The van der Waals surface area contributed by atoms with Crippen LogP contribution in [0.3, 0.4) is 0 Å². The zero-order valence-corrected chi connectivity index (χ0v) is 12.6. The van der Waals surface area contributed by atoms with Crippen LogP contribution in [0.2, 0.25) is 0 Å². The Bertz CT molecular complexity index is 679. The summed E-state index contributed by atoms with van der Waals surface area (Å²) < 4.78 is 28.1. The summed E-state index contributed by atoms with van der Waals surface area (Å²) in [6, 6.07) is 8.59. The number of aryl methyl sites for hydroxylation is 1. The first-order valence-corrected chi connectivity index (χ1v) is 7.12. The highest BCUT2D eigenvalue weighted by Crippen LogP contribution is 2.22. The first kappa shape index (κ1) is 16.9. The second-order valence-electron chi connectivity index (χ2n) is 5.42. The molecule has 4 N–H and O–H groups in total. The number of benzene rings is 2. The minimum absolute atomic E-state index is 0.137. The van der Waals surface area contributed by atoms with E-state index >= 15 is 0 Å². The average molecular weight is 320 g/mol. The lowest BCUT2D eigenvalue weighted by atomic mass is 10.1. The number of anilines is 1. The van der Waals surface area contributed by atoms with Gasteiger partial charge in [0.25, 0.3) is 0 Å². The highest BCUT2D eigenvalue weighted by molar-refractivity contribution is 5.73. The molecule has 0 radical (unpaired) electrons. The molecule has 0 spiro atoms. The molecule has 6 heteroatoms. The van der Waals surface area contributed by atoms with Crippen molar-refractivity contribution in [2.24, 2.45) is 5.73 Å². The highest BCUT2D eigenvalue weighted by Gasteiger charge is 2.16. The second kappa shape index (κ2) is 7.19. The number of aliphatic carboxylic acids is 1. The van der Waals surface area contributed by atoms with Gasteiger partial charge in [-0.15, -0.1) is 0 Å². The molecule has 0 aromatic heterocycles. The van der Waals surface area contributed by atoms with Gasteiger partial charge in [-0.05, 0) is 36.6 Å². The maximum Gasteiger partial charge on any atom is 0.320 e. The van der Waals surface area contributed by atoms with Crippen molar-refractivity contribution in [3.05, 3.63) is 64.7 Å². The number of nitrogens with one attached hydrogen (secondary N) is 1. The van der Waals surface area contributed by atoms with E-state index in [0.717, 1.165) is 23.3 Å². The summed E-state index contributed by atoms with van der Waals surface area (Å²) in [7, 11) is 0. The van der Waals surface area contributed by atoms with Gasteiger partial charge < -0.3 is 16.2 Å². The summed E-state index contributed by atoms with van der Waals surface area (Å²) in [5, 5.41) is 11.5. The lowest BCUT2D eigenvalue weighted by Crippen LogP contribution is -2.32. The third-order valence-electron chi connectivity index (χ3n) is 3.46. The van der Waals surface area contributed by atoms with Crippen molar-refractivity contribution >= 4 is 11.7 Å². The van der Waals surface area contributed by atoms with E-state index in [1.165, 1.54) is 0 Å². The van der Waals surface area contributed by atoms with Crippen LogP contribution in [-0.4, -0.2) is 17.1 Å². The highest BCUT2D eigenvalue weighted by atomic mass is 19.1. The fourth-order valence-corrected chi connectivity index (χ4v) is 2.15. The maximum atomic E-state index is 14.0. The molecule has 4 nitrogen and oxygen atoms in total. The molecule has 0 aliphatic carbocycles. The number of halogens is 2. The largest absolute Gasteiger partial charge is 0.480 e. The van der Waals surface area contributed by atoms with Gasteiger partial charge in [0, 0.05) is 6.54 Å². The number of nitrogens with two attached hydrogens (primary N) is 1. The van der Waals surface area contributed by atoms with Crippen LogP contribution in [0.25, 0.3) is 0 Å². The predicted octanol–water partition coefficient (Wildman–Crippen LogP) is 2.84. The average Bonchev–Trinajstić information content (AvgIpc) is 2.48. The van der Waals surface area contributed by atoms with Gasteiger partial charge in [-0.25, -0.2) is 8.78 Å². The van der Waals surface area contributed by atoms with E-state index in [4.69, 9.17) is 10.8 Å². The third-order valence-corrected chi connectivity index (χ3v) is 3.46. The molecule has 2 aromatic carbocycles. The smallest absolute Gasteiger partial charge is 0.320 e. The van der Waals surface area contributed by atoms with Crippen LogP contribution in [0.1, 0.15) is 16.7 Å². The zero-order chi connectivity index (χ0) is 17.0. The van der Waals surface area contributed by atoms with Crippen molar-refractivity contribution in [2.45, 2.75) is 25.9 Å². The molecule has 0 unspecified atom stereocenters. The number of carboxylic acid groups (broad SMARTS) is 1. The molecule has 0 bridgehead atoms. The van der Waals surface area contributed by atoms with Crippen molar-refractivity contribution < 1.29 is 18.7 Å². The molecule has 0 amide bonds. The lowest BCUT2D eigenvalue weighted by molar-refractivity contribution is -0.138. The number of carboxylic acids is 1. The molecule has 0 aliphatic rings. The molecule has 0 fully saturated rings. The molecule has 0 aliphatic heterocycles. The Morgan fingerprint density at radius 1 is 1.17 bits per heavy atom. The number of hydrogen-bond donors (Lipinski definition) is 3. The van der Waals surface area contributed by atoms with Crippen LogP contribution >= 0.6 is 0 Å². The predicted molar refractivity (Wildman–Crippen MR) is 84.2 cm³/mol. The Kier molecular flexibility index (Phi) is 5.28. The fourth-order valence-electron chi connectivity index (χ4n) is 2.15. The molecule has 1 atom stereocenters. The molecule has 0 saturated heterocycles. The monoisotopic (exact) mass is 320 g/mol. The van der Waals surface area contributed by atoms with E-state index in [1.807, 2.05) is 31.2 Å². The van der Waals surface area contributed by atoms with Crippen molar-refractivity contribution in [3.8, 4) is 0 Å². The molecule has 0 heterocycles. The van der Waals surface area contributed by atoms with Gasteiger partial charge in [-0.1, -0.05) is 29.8 Å². The lowest BCUT2D eigenvalue weighted by Gasteiger charge is -2.12. The Morgan fingerprint density at radius 3 is 2.26 bits per heavy atom. The van der Waals surface area contributed by atoms with Crippen molar-refractivity contribution in [3.63, 3.8) is 0 Å². The van der Waals surface area contributed by atoms with Crippen LogP contribution in [-0.2, 0) is 17.8 Å². The summed E-state index contributed by atoms with van der Waals surface area (Å²) in [4.78, 5) is 10.7. The van der Waals surface area contributed by atoms with Crippen molar-refractivity contribution in [1.29, 1.82) is 0 Å². The van der Waals surface area contributed by atoms with E-state index < -0.39 is 23.6 Å². The van der Waals surface area contributed by atoms with Crippen LogP contribution < -0.4 is 11.1 Å². The van der Waals surface area contributed by atoms with Gasteiger partial charge in [0.2, 0.25) is 0 Å². The summed E-state index contributed by atoms with van der Waals surface area (Å²) >= 11 is 0. The third kappa shape index (κ3) is 4.50.